The second-order valence-electron chi connectivity index (χ2n) is 11.0. The van der Waals surface area contributed by atoms with E-state index in [1.165, 1.54) is 38.9 Å². The lowest BCUT2D eigenvalue weighted by atomic mass is 9.60. The fourth-order valence-electron chi connectivity index (χ4n) is 5.06. The van der Waals surface area contributed by atoms with Crippen molar-refractivity contribution in [3.8, 4) is 11.3 Å². The number of carbonyl (C=O) groups is 1. The lowest BCUT2D eigenvalue weighted by Crippen LogP contribution is -2.55. The lowest BCUT2D eigenvalue weighted by molar-refractivity contribution is 0.00470. The molecule has 0 aromatic carbocycles. The Morgan fingerprint density at radius 2 is 1.97 bits per heavy atom. The molecule has 7 nitrogen and oxygen atoms in total. The minimum atomic E-state index is -0.134. The number of hydrogen-bond donors (Lipinski definition) is 1. The molecule has 1 N–H and O–H groups in total. The number of carbonyl (C=O) groups excluding carboxylic acids is 1. The summed E-state index contributed by atoms with van der Waals surface area (Å²) in [6.45, 7) is 13.3. The molecule has 1 amide bonds. The molecule has 3 heterocycles. The topological polar surface area (TPSA) is 68.0 Å². The Kier molecular flexibility index (Phi) is 6.43. The van der Waals surface area contributed by atoms with Crippen molar-refractivity contribution in [3.63, 3.8) is 0 Å². The molecule has 8 heteroatoms. The Bertz CT molecular complexity index is 956. The number of hydrogen-bond acceptors (Lipinski definition) is 4. The van der Waals surface area contributed by atoms with Crippen LogP contribution in [0.3, 0.4) is 0 Å². The van der Waals surface area contributed by atoms with Crippen LogP contribution in [0.1, 0.15) is 70.2 Å². The highest BCUT2D eigenvalue weighted by molar-refractivity contribution is 6.33. The average molecular weight is 461 g/mol. The maximum Gasteiger partial charge on any atom is 0.256 e. The van der Waals surface area contributed by atoms with Gasteiger partial charge >= 0.3 is 0 Å². The number of halogens is 1. The summed E-state index contributed by atoms with van der Waals surface area (Å²) in [5, 5.41) is 12.4. The van der Waals surface area contributed by atoms with Crippen LogP contribution >= 0.6 is 11.6 Å². The molecule has 4 rings (SSSR count). The zero-order chi connectivity index (χ0) is 23.1. The fourth-order valence-corrected chi connectivity index (χ4v) is 5.28. The van der Waals surface area contributed by atoms with Gasteiger partial charge in [0.05, 0.1) is 6.20 Å². The van der Waals surface area contributed by atoms with Crippen molar-refractivity contribution in [2.45, 2.75) is 72.4 Å². The van der Waals surface area contributed by atoms with Gasteiger partial charge in [0.1, 0.15) is 16.4 Å². The van der Waals surface area contributed by atoms with Gasteiger partial charge in [-0.2, -0.15) is 10.2 Å². The third-order valence-corrected chi connectivity index (χ3v) is 7.66. The number of amides is 1. The van der Waals surface area contributed by atoms with E-state index in [1.807, 2.05) is 17.8 Å². The molecule has 0 bridgehead atoms. The zero-order valence-corrected chi connectivity index (χ0v) is 20.9. The van der Waals surface area contributed by atoms with E-state index in [0.29, 0.717) is 27.2 Å². The third kappa shape index (κ3) is 4.88. The molecule has 32 heavy (non-hydrogen) atoms. The molecule has 1 saturated heterocycles. The van der Waals surface area contributed by atoms with Crippen molar-refractivity contribution in [3.05, 3.63) is 23.1 Å². The van der Waals surface area contributed by atoms with Crippen LogP contribution in [-0.2, 0) is 13.6 Å². The predicted octanol–water partition coefficient (Wildman–Crippen LogP) is 4.37. The van der Waals surface area contributed by atoms with Crippen molar-refractivity contribution < 1.29 is 4.79 Å². The fraction of sp³-hybridized carbons (Fsp3) is 0.708. The standard InChI is InChI=1S/C24H37ClN6O/c1-6-31-16-17(15-26-31)20-19(21(25)29(5)28-20)22(32)27-18-13-24(14-18)8-11-30(12-9-24)10-7-23(2,3)4/h15-16,18H,6-14H2,1-5H3,(H,27,32). The van der Waals surface area contributed by atoms with Crippen molar-refractivity contribution in [1.82, 2.24) is 29.8 Å². The molecule has 1 spiro atoms. The van der Waals surface area contributed by atoms with Crippen LogP contribution in [-0.4, -0.2) is 56.0 Å². The Morgan fingerprint density at radius 3 is 2.56 bits per heavy atom. The van der Waals surface area contributed by atoms with E-state index in [2.05, 4.69) is 41.2 Å². The Morgan fingerprint density at radius 1 is 1.28 bits per heavy atom. The summed E-state index contributed by atoms with van der Waals surface area (Å²) in [4.78, 5) is 15.8. The van der Waals surface area contributed by atoms with E-state index in [9.17, 15) is 4.79 Å². The van der Waals surface area contributed by atoms with E-state index < -0.39 is 0 Å². The highest BCUT2D eigenvalue weighted by Crippen LogP contribution is 2.49. The van der Waals surface area contributed by atoms with Crippen LogP contribution in [0.5, 0.6) is 0 Å². The van der Waals surface area contributed by atoms with Crippen LogP contribution in [0.25, 0.3) is 11.3 Å². The summed E-state index contributed by atoms with van der Waals surface area (Å²) in [5.74, 6) is -0.134. The highest BCUT2D eigenvalue weighted by atomic mass is 35.5. The van der Waals surface area contributed by atoms with Gasteiger partial charge < -0.3 is 10.2 Å². The van der Waals surface area contributed by atoms with Gasteiger partial charge in [-0.15, -0.1) is 0 Å². The number of aryl methyl sites for hydroxylation is 2. The molecule has 1 saturated carbocycles. The first-order chi connectivity index (χ1) is 15.1. The van der Waals surface area contributed by atoms with E-state index in [4.69, 9.17) is 11.6 Å². The molecular formula is C24H37ClN6O. The number of likely N-dealkylation sites (tertiary alicyclic amines) is 1. The van der Waals surface area contributed by atoms with E-state index in [0.717, 1.165) is 24.9 Å². The Hall–Kier alpha value is -1.86. The Balaban J connectivity index is 1.34. The van der Waals surface area contributed by atoms with Crippen molar-refractivity contribution in [2.24, 2.45) is 17.9 Å². The summed E-state index contributed by atoms with van der Waals surface area (Å²) in [6.07, 6.45) is 9.48. The van der Waals surface area contributed by atoms with Crippen LogP contribution < -0.4 is 5.32 Å². The van der Waals surface area contributed by atoms with Crippen molar-refractivity contribution >= 4 is 17.5 Å². The summed E-state index contributed by atoms with van der Waals surface area (Å²) in [5.41, 5.74) is 2.65. The van der Waals surface area contributed by atoms with E-state index in [-0.39, 0.29) is 11.9 Å². The number of aromatic nitrogens is 4. The summed E-state index contributed by atoms with van der Waals surface area (Å²) >= 11 is 6.47. The molecule has 0 radical (unpaired) electrons. The first kappa shape index (κ1) is 23.3. The van der Waals surface area contributed by atoms with Gasteiger partial charge in [-0.1, -0.05) is 32.4 Å². The number of nitrogens with one attached hydrogen (secondary N) is 1. The zero-order valence-electron chi connectivity index (χ0n) is 20.1. The van der Waals surface area contributed by atoms with Gasteiger partial charge in [0.25, 0.3) is 5.91 Å². The molecule has 176 valence electrons. The van der Waals surface area contributed by atoms with E-state index >= 15 is 0 Å². The monoisotopic (exact) mass is 460 g/mol. The first-order valence-electron chi connectivity index (χ1n) is 11.9. The molecule has 0 unspecified atom stereocenters. The number of rotatable bonds is 6. The van der Waals surface area contributed by atoms with Crippen LogP contribution in [0, 0.1) is 10.8 Å². The second kappa shape index (κ2) is 8.82. The van der Waals surface area contributed by atoms with Crippen LogP contribution in [0.4, 0.5) is 0 Å². The average Bonchev–Trinajstić information content (AvgIpc) is 3.30. The molecule has 0 atom stereocenters. The quantitative estimate of drug-likeness (QED) is 0.695. The van der Waals surface area contributed by atoms with Gasteiger partial charge in [0.2, 0.25) is 0 Å². The summed E-state index contributed by atoms with van der Waals surface area (Å²) in [6, 6.07) is 0.214. The minimum absolute atomic E-state index is 0.134. The molecular weight excluding hydrogens is 424 g/mol. The minimum Gasteiger partial charge on any atom is -0.349 e. The van der Waals surface area contributed by atoms with Crippen molar-refractivity contribution in [2.75, 3.05) is 19.6 Å². The van der Waals surface area contributed by atoms with Crippen LogP contribution in [0.2, 0.25) is 5.15 Å². The molecule has 1 aliphatic carbocycles. The first-order valence-corrected chi connectivity index (χ1v) is 12.3. The molecule has 2 aliphatic rings. The molecule has 1 aliphatic heterocycles. The van der Waals surface area contributed by atoms with Gasteiger partial charge in [0, 0.05) is 31.4 Å². The lowest BCUT2D eigenvalue weighted by Gasteiger charge is -2.52. The Labute approximate surface area is 196 Å². The molecule has 2 aromatic heterocycles. The maximum absolute atomic E-state index is 13.2. The molecule has 2 aromatic rings. The summed E-state index contributed by atoms with van der Waals surface area (Å²) in [7, 11) is 1.76. The maximum atomic E-state index is 13.2. The smallest absolute Gasteiger partial charge is 0.256 e. The van der Waals surface area contributed by atoms with Gasteiger partial charge in [0.15, 0.2) is 0 Å². The van der Waals surface area contributed by atoms with Gasteiger partial charge in [-0.05, 0) is 69.5 Å². The SMILES string of the molecule is CCn1cc(-c2nn(C)c(Cl)c2C(=O)NC2CC3(CCN(CCC(C)(C)C)CC3)C2)cn1. The van der Waals surface area contributed by atoms with Crippen LogP contribution in [0.15, 0.2) is 12.4 Å². The molecule has 2 fully saturated rings. The van der Waals surface area contributed by atoms with E-state index in [1.54, 1.807) is 17.9 Å². The third-order valence-electron chi connectivity index (χ3n) is 7.22. The number of nitrogens with zero attached hydrogens (tertiary/aromatic N) is 5. The second-order valence-corrected chi connectivity index (χ2v) is 11.3. The van der Waals surface area contributed by atoms with Crippen molar-refractivity contribution in [1.29, 1.82) is 0 Å². The highest BCUT2D eigenvalue weighted by Gasteiger charge is 2.46. The largest absolute Gasteiger partial charge is 0.349 e. The van der Waals surface area contributed by atoms with Gasteiger partial charge in [-0.3, -0.25) is 14.2 Å². The normalized spacial score (nSPS) is 19.3. The summed E-state index contributed by atoms with van der Waals surface area (Å²) < 4.78 is 3.38. The predicted molar refractivity (Wildman–Crippen MR) is 128 cm³/mol. The van der Waals surface area contributed by atoms with Gasteiger partial charge in [-0.25, -0.2) is 0 Å². The number of piperidine rings is 1.